The highest BCUT2D eigenvalue weighted by Gasteiger charge is 2.15. The molecule has 64 valence electrons. The molecule has 0 amide bonds. The highest BCUT2D eigenvalue weighted by atomic mass is 15.1. The van der Waals surface area contributed by atoms with Gasteiger partial charge in [0.1, 0.15) is 0 Å². The Balaban J connectivity index is 2.62. The van der Waals surface area contributed by atoms with Gasteiger partial charge in [0.25, 0.3) is 0 Å². The Bertz CT molecular complexity index is 247. The van der Waals surface area contributed by atoms with Crippen molar-refractivity contribution in [2.24, 2.45) is 5.73 Å². The van der Waals surface area contributed by atoms with Gasteiger partial charge in [-0.25, -0.2) is 0 Å². The molecule has 0 bridgehead atoms. The molecule has 0 fully saturated rings. The lowest BCUT2D eigenvalue weighted by Gasteiger charge is -2.25. The monoisotopic (exact) mass is 163 g/mol. The fraction of sp³-hybridized carbons (Fsp3) is 0.444. The van der Waals surface area contributed by atoms with Crippen molar-refractivity contribution in [2.75, 3.05) is 19.6 Å². The summed E-state index contributed by atoms with van der Waals surface area (Å²) in [6.07, 6.45) is 2.65. The van der Waals surface area contributed by atoms with Crippen LogP contribution in [0.1, 0.15) is 6.42 Å². The van der Waals surface area contributed by atoms with Gasteiger partial charge in [-0.2, -0.15) is 5.26 Å². The summed E-state index contributed by atoms with van der Waals surface area (Å²) in [4.78, 5) is 2.15. The third-order valence-corrected chi connectivity index (χ3v) is 1.99. The van der Waals surface area contributed by atoms with Crippen molar-refractivity contribution in [3.8, 4) is 6.07 Å². The molecule has 1 aliphatic heterocycles. The normalized spacial score (nSPS) is 18.9. The smallest absolute Gasteiger partial charge is 0.0979 e. The summed E-state index contributed by atoms with van der Waals surface area (Å²) in [5.41, 5.74) is 7.11. The minimum atomic E-state index is 0.675. The molecule has 0 spiro atoms. The van der Waals surface area contributed by atoms with Crippen molar-refractivity contribution in [3.63, 3.8) is 0 Å². The molecule has 1 aliphatic rings. The lowest BCUT2D eigenvalue weighted by molar-refractivity contribution is 0.318. The molecule has 0 radical (unpaired) electrons. The predicted octanol–water partition coefficient (Wildman–Crippen LogP) is 0.614. The summed E-state index contributed by atoms with van der Waals surface area (Å²) >= 11 is 0. The molecule has 1 rings (SSSR count). The van der Waals surface area contributed by atoms with Gasteiger partial charge in [0.05, 0.1) is 11.6 Å². The van der Waals surface area contributed by atoms with Crippen LogP contribution in [0, 0.1) is 11.3 Å². The highest BCUT2D eigenvalue weighted by molar-refractivity contribution is 5.29. The standard InChI is InChI=1S/C9H13N3/c1-2-4-12-5-3-9(11)8(6-10)7-12/h2H,1,3-5,7,11H2. The Morgan fingerprint density at radius 3 is 3.08 bits per heavy atom. The van der Waals surface area contributed by atoms with Crippen molar-refractivity contribution < 1.29 is 0 Å². The first-order valence-electron chi connectivity index (χ1n) is 3.98. The fourth-order valence-electron chi connectivity index (χ4n) is 1.28. The summed E-state index contributed by atoms with van der Waals surface area (Å²) in [6, 6.07) is 2.12. The molecule has 0 saturated heterocycles. The molecule has 0 atom stereocenters. The number of hydrogen-bond donors (Lipinski definition) is 1. The molecule has 0 saturated carbocycles. The van der Waals surface area contributed by atoms with E-state index < -0.39 is 0 Å². The topological polar surface area (TPSA) is 53.0 Å². The van der Waals surface area contributed by atoms with Crippen molar-refractivity contribution >= 4 is 0 Å². The number of nitriles is 1. The van der Waals surface area contributed by atoms with E-state index in [1.165, 1.54) is 0 Å². The summed E-state index contributed by atoms with van der Waals surface area (Å²) in [6.45, 7) is 6.09. The van der Waals surface area contributed by atoms with E-state index in [0.717, 1.165) is 25.2 Å². The van der Waals surface area contributed by atoms with Crippen molar-refractivity contribution in [1.82, 2.24) is 4.90 Å². The van der Waals surface area contributed by atoms with Crippen LogP contribution in [0.15, 0.2) is 23.9 Å². The molecule has 0 aromatic rings. The van der Waals surface area contributed by atoms with Crippen LogP contribution in [-0.4, -0.2) is 24.5 Å². The van der Waals surface area contributed by atoms with Gasteiger partial charge < -0.3 is 5.73 Å². The summed E-state index contributed by atoms with van der Waals surface area (Å²) < 4.78 is 0. The van der Waals surface area contributed by atoms with E-state index >= 15 is 0 Å². The second kappa shape index (κ2) is 3.93. The third-order valence-electron chi connectivity index (χ3n) is 1.99. The molecular formula is C9H13N3. The molecular weight excluding hydrogens is 150 g/mol. The summed E-state index contributed by atoms with van der Waals surface area (Å²) in [5.74, 6) is 0. The molecule has 0 aromatic carbocycles. The van der Waals surface area contributed by atoms with Gasteiger partial charge in [-0.1, -0.05) is 6.08 Å². The van der Waals surface area contributed by atoms with Gasteiger partial charge in [0, 0.05) is 31.8 Å². The number of nitrogens with zero attached hydrogens (tertiary/aromatic N) is 2. The molecule has 3 heteroatoms. The minimum Gasteiger partial charge on any atom is -0.401 e. The van der Waals surface area contributed by atoms with Gasteiger partial charge in [-0.05, 0) is 0 Å². The molecule has 0 aromatic heterocycles. The Kier molecular flexibility index (Phi) is 2.89. The lowest BCUT2D eigenvalue weighted by atomic mass is 10.1. The Hall–Kier alpha value is -1.27. The van der Waals surface area contributed by atoms with E-state index in [0.29, 0.717) is 12.1 Å². The van der Waals surface area contributed by atoms with Crippen LogP contribution in [0.4, 0.5) is 0 Å². The van der Waals surface area contributed by atoms with Crippen LogP contribution in [0.25, 0.3) is 0 Å². The quantitative estimate of drug-likeness (QED) is 0.607. The zero-order chi connectivity index (χ0) is 8.97. The van der Waals surface area contributed by atoms with E-state index in [4.69, 9.17) is 11.0 Å². The van der Waals surface area contributed by atoms with Crippen molar-refractivity contribution in [2.45, 2.75) is 6.42 Å². The summed E-state index contributed by atoms with van der Waals surface area (Å²) in [5, 5.41) is 8.71. The molecule has 2 N–H and O–H groups in total. The third kappa shape index (κ3) is 1.86. The average Bonchev–Trinajstić information content (AvgIpc) is 2.09. The maximum atomic E-state index is 8.71. The SMILES string of the molecule is C=CCN1CCC(N)=C(C#N)C1. The Labute approximate surface area is 72.8 Å². The maximum absolute atomic E-state index is 8.71. The zero-order valence-corrected chi connectivity index (χ0v) is 7.08. The van der Waals surface area contributed by atoms with Gasteiger partial charge in [0.15, 0.2) is 0 Å². The maximum Gasteiger partial charge on any atom is 0.0979 e. The molecule has 0 unspecified atom stereocenters. The van der Waals surface area contributed by atoms with E-state index in [1.807, 2.05) is 6.08 Å². The Morgan fingerprint density at radius 2 is 2.50 bits per heavy atom. The number of rotatable bonds is 2. The van der Waals surface area contributed by atoms with Crippen LogP contribution in [0.2, 0.25) is 0 Å². The molecule has 3 nitrogen and oxygen atoms in total. The average molecular weight is 163 g/mol. The fourth-order valence-corrected chi connectivity index (χ4v) is 1.28. The van der Waals surface area contributed by atoms with Crippen LogP contribution in [-0.2, 0) is 0 Å². The van der Waals surface area contributed by atoms with Crippen LogP contribution < -0.4 is 5.73 Å². The van der Waals surface area contributed by atoms with Gasteiger partial charge in [-0.15, -0.1) is 6.58 Å². The lowest BCUT2D eigenvalue weighted by Crippen LogP contribution is -2.33. The number of nitrogens with two attached hydrogens (primary N) is 1. The first-order valence-corrected chi connectivity index (χ1v) is 3.98. The van der Waals surface area contributed by atoms with E-state index in [9.17, 15) is 0 Å². The minimum absolute atomic E-state index is 0.675. The van der Waals surface area contributed by atoms with E-state index in [1.54, 1.807) is 0 Å². The van der Waals surface area contributed by atoms with Crippen molar-refractivity contribution in [3.05, 3.63) is 23.9 Å². The number of hydrogen-bond acceptors (Lipinski definition) is 3. The zero-order valence-electron chi connectivity index (χ0n) is 7.08. The van der Waals surface area contributed by atoms with Gasteiger partial charge in [0.2, 0.25) is 0 Å². The Morgan fingerprint density at radius 1 is 1.75 bits per heavy atom. The largest absolute Gasteiger partial charge is 0.401 e. The second-order valence-electron chi connectivity index (χ2n) is 2.89. The van der Waals surface area contributed by atoms with E-state index in [2.05, 4.69) is 17.5 Å². The van der Waals surface area contributed by atoms with E-state index in [-0.39, 0.29) is 0 Å². The first-order chi connectivity index (χ1) is 5.77. The first kappa shape index (κ1) is 8.82. The van der Waals surface area contributed by atoms with Crippen LogP contribution in [0.3, 0.4) is 0 Å². The van der Waals surface area contributed by atoms with Crippen LogP contribution >= 0.6 is 0 Å². The highest BCUT2D eigenvalue weighted by Crippen LogP contribution is 2.12. The van der Waals surface area contributed by atoms with Crippen molar-refractivity contribution in [1.29, 1.82) is 5.26 Å². The van der Waals surface area contributed by atoms with Gasteiger partial charge >= 0.3 is 0 Å². The van der Waals surface area contributed by atoms with Gasteiger partial charge in [-0.3, -0.25) is 4.90 Å². The van der Waals surface area contributed by atoms with Crippen LogP contribution in [0.5, 0.6) is 0 Å². The summed E-state index contributed by atoms with van der Waals surface area (Å²) in [7, 11) is 0. The molecule has 12 heavy (non-hydrogen) atoms. The second-order valence-corrected chi connectivity index (χ2v) is 2.89. The molecule has 1 heterocycles. The predicted molar refractivity (Wildman–Crippen MR) is 48.1 cm³/mol. The molecule has 0 aliphatic carbocycles.